The Labute approximate surface area is 174 Å². The number of aliphatic carboxylic acids is 1. The first kappa shape index (κ1) is 25.7. The molecule has 1 atom stereocenters. The van der Waals surface area contributed by atoms with Gasteiger partial charge in [-0.15, -0.1) is 0 Å². The molecule has 1 aromatic carbocycles. The Morgan fingerprint density at radius 2 is 1.93 bits per heavy atom. The summed E-state index contributed by atoms with van der Waals surface area (Å²) in [6.45, 7) is 3.76. The number of esters is 1. The summed E-state index contributed by atoms with van der Waals surface area (Å²) in [5, 5.41) is 7.12. The number of rotatable bonds is 8. The van der Waals surface area contributed by atoms with E-state index in [1.165, 1.54) is 11.1 Å². The Kier molecular flexibility index (Phi) is 11.2. The molecule has 0 spiro atoms. The average molecular weight is 433 g/mol. The molecule has 1 unspecified atom stereocenters. The fourth-order valence-corrected chi connectivity index (χ4v) is 3.18. The van der Waals surface area contributed by atoms with Gasteiger partial charge in [0.2, 0.25) is 0 Å². The third-order valence-electron chi connectivity index (χ3n) is 4.62. The molecule has 6 nitrogen and oxygen atoms in total. The molecule has 30 heavy (non-hydrogen) atoms. The molecule has 0 saturated heterocycles. The Morgan fingerprint density at radius 1 is 1.23 bits per heavy atom. The van der Waals surface area contributed by atoms with Crippen molar-refractivity contribution in [1.29, 1.82) is 0 Å². The maximum absolute atomic E-state index is 11.7. The number of aryl methyl sites for hydroxylation is 1. The molecule has 170 valence electrons. The fraction of sp³-hybridized carbons (Fsp3) is 0.619. The van der Waals surface area contributed by atoms with Gasteiger partial charge in [-0.25, -0.2) is 4.79 Å². The number of carbonyl (C=O) groups is 2. The van der Waals surface area contributed by atoms with E-state index in [1.807, 2.05) is 13.0 Å². The number of fused-ring (bicyclic) bond motifs is 1. The standard InChI is InChI=1S/C19H29NO3.C2HF3O2/c1-2-22-19(21)13-15-6-5-7-16-14-18(9-8-17(16)12-15)23-11-4-3-10-20;3-2(4,5)1(6)7/h8-9,14-15H,2-7,10-13,20H2,1H3;(H,6,7). The molecule has 0 radical (unpaired) electrons. The number of carbonyl (C=O) groups excluding carboxylic acids is 1. The summed E-state index contributed by atoms with van der Waals surface area (Å²) in [4.78, 5) is 20.6. The van der Waals surface area contributed by atoms with E-state index in [-0.39, 0.29) is 5.97 Å². The van der Waals surface area contributed by atoms with Crippen molar-refractivity contribution in [2.45, 2.75) is 58.0 Å². The van der Waals surface area contributed by atoms with Crippen LogP contribution in [-0.4, -0.2) is 43.0 Å². The predicted molar refractivity (Wildman–Crippen MR) is 105 cm³/mol. The van der Waals surface area contributed by atoms with Crippen LogP contribution in [0.2, 0.25) is 0 Å². The third kappa shape index (κ3) is 9.96. The number of nitrogens with two attached hydrogens (primary N) is 1. The van der Waals surface area contributed by atoms with Gasteiger partial charge in [0.15, 0.2) is 0 Å². The van der Waals surface area contributed by atoms with E-state index in [0.717, 1.165) is 57.4 Å². The van der Waals surface area contributed by atoms with Crippen LogP contribution in [0.25, 0.3) is 0 Å². The van der Waals surface area contributed by atoms with Gasteiger partial charge in [0, 0.05) is 6.42 Å². The summed E-state index contributed by atoms with van der Waals surface area (Å²) >= 11 is 0. The van der Waals surface area contributed by atoms with Gasteiger partial charge >= 0.3 is 18.1 Å². The molecule has 1 aliphatic carbocycles. The van der Waals surface area contributed by atoms with Crippen molar-refractivity contribution in [2.24, 2.45) is 11.7 Å². The Morgan fingerprint density at radius 3 is 2.53 bits per heavy atom. The molecule has 9 heteroatoms. The monoisotopic (exact) mass is 433 g/mol. The van der Waals surface area contributed by atoms with Crippen LogP contribution in [0, 0.1) is 5.92 Å². The number of hydrogen-bond donors (Lipinski definition) is 2. The quantitative estimate of drug-likeness (QED) is 0.367. The number of ether oxygens (including phenoxy) is 2. The van der Waals surface area contributed by atoms with E-state index in [0.29, 0.717) is 18.9 Å². The summed E-state index contributed by atoms with van der Waals surface area (Å²) in [5.41, 5.74) is 8.22. The van der Waals surface area contributed by atoms with Crippen molar-refractivity contribution >= 4 is 11.9 Å². The molecule has 1 aromatic rings. The lowest BCUT2D eigenvalue weighted by Crippen LogP contribution is -2.21. The summed E-state index contributed by atoms with van der Waals surface area (Å²) in [6.07, 6.45) is 1.67. The highest BCUT2D eigenvalue weighted by atomic mass is 19.4. The van der Waals surface area contributed by atoms with Crippen molar-refractivity contribution in [3.63, 3.8) is 0 Å². The van der Waals surface area contributed by atoms with Gasteiger partial charge in [-0.2, -0.15) is 13.2 Å². The summed E-state index contributed by atoms with van der Waals surface area (Å²) in [5.74, 6) is -1.48. The molecule has 0 aromatic heterocycles. The first-order valence-corrected chi connectivity index (χ1v) is 10.1. The Bertz CT molecular complexity index is 679. The van der Waals surface area contributed by atoms with Crippen molar-refractivity contribution in [1.82, 2.24) is 0 Å². The molecule has 2 rings (SSSR count). The van der Waals surface area contributed by atoms with Gasteiger partial charge < -0.3 is 20.3 Å². The second-order valence-corrected chi connectivity index (χ2v) is 7.05. The zero-order chi connectivity index (χ0) is 22.6. The third-order valence-corrected chi connectivity index (χ3v) is 4.62. The summed E-state index contributed by atoms with van der Waals surface area (Å²) in [6, 6.07) is 6.38. The van der Waals surface area contributed by atoms with Crippen LogP contribution in [0.1, 0.15) is 50.2 Å². The van der Waals surface area contributed by atoms with Gasteiger partial charge in [-0.05, 0) is 81.2 Å². The van der Waals surface area contributed by atoms with Gasteiger partial charge in [0.1, 0.15) is 5.75 Å². The lowest BCUT2D eigenvalue weighted by Gasteiger charge is -2.14. The fourth-order valence-electron chi connectivity index (χ4n) is 3.18. The smallest absolute Gasteiger partial charge is 0.490 e. The number of hydrogen-bond acceptors (Lipinski definition) is 5. The maximum atomic E-state index is 11.7. The Hall–Kier alpha value is -2.29. The highest BCUT2D eigenvalue weighted by Gasteiger charge is 2.38. The maximum Gasteiger partial charge on any atom is 0.490 e. The van der Waals surface area contributed by atoms with Gasteiger partial charge in [0.05, 0.1) is 13.2 Å². The molecule has 0 amide bonds. The van der Waals surface area contributed by atoms with Crippen molar-refractivity contribution in [3.8, 4) is 5.75 Å². The number of alkyl halides is 3. The van der Waals surface area contributed by atoms with Crippen molar-refractivity contribution < 1.29 is 37.3 Å². The minimum Gasteiger partial charge on any atom is -0.494 e. The second kappa shape index (κ2) is 13.1. The lowest BCUT2D eigenvalue weighted by atomic mass is 9.94. The lowest BCUT2D eigenvalue weighted by molar-refractivity contribution is -0.192. The highest BCUT2D eigenvalue weighted by Crippen LogP contribution is 2.29. The van der Waals surface area contributed by atoms with Crippen molar-refractivity contribution in [3.05, 3.63) is 29.3 Å². The predicted octanol–water partition coefficient (Wildman–Crippen LogP) is 3.89. The minimum absolute atomic E-state index is 0.0687. The molecule has 0 fully saturated rings. The number of unbranched alkanes of at least 4 members (excludes halogenated alkanes) is 1. The second-order valence-electron chi connectivity index (χ2n) is 7.05. The largest absolute Gasteiger partial charge is 0.494 e. The number of carboxylic acid groups (broad SMARTS) is 1. The number of benzene rings is 1. The molecule has 0 saturated carbocycles. The SMILES string of the molecule is CCOC(=O)CC1CCCc2cc(OCCCCN)ccc2C1.O=C(O)C(F)(F)F. The first-order valence-electron chi connectivity index (χ1n) is 10.1. The van der Waals surface area contributed by atoms with E-state index in [9.17, 15) is 18.0 Å². The van der Waals surface area contributed by atoms with Crippen molar-refractivity contribution in [2.75, 3.05) is 19.8 Å². The van der Waals surface area contributed by atoms with Crippen LogP contribution in [0.3, 0.4) is 0 Å². The summed E-state index contributed by atoms with van der Waals surface area (Å²) in [7, 11) is 0. The molecular formula is C21H30F3NO5. The first-order chi connectivity index (χ1) is 14.2. The van der Waals surface area contributed by atoms with E-state index in [1.54, 1.807) is 0 Å². The number of carboxylic acids is 1. The van der Waals surface area contributed by atoms with Gasteiger partial charge in [-0.3, -0.25) is 4.79 Å². The van der Waals surface area contributed by atoms with Crippen LogP contribution in [-0.2, 0) is 27.2 Å². The Balaban J connectivity index is 0.000000553. The average Bonchev–Trinajstić information content (AvgIpc) is 2.86. The highest BCUT2D eigenvalue weighted by molar-refractivity contribution is 5.73. The van der Waals surface area contributed by atoms with Crippen LogP contribution in [0.4, 0.5) is 13.2 Å². The molecule has 0 heterocycles. The van der Waals surface area contributed by atoms with Crippen LogP contribution in [0.5, 0.6) is 5.75 Å². The van der Waals surface area contributed by atoms with E-state index < -0.39 is 12.1 Å². The zero-order valence-electron chi connectivity index (χ0n) is 17.2. The van der Waals surface area contributed by atoms with Crippen LogP contribution in [0.15, 0.2) is 18.2 Å². The molecule has 0 bridgehead atoms. The van der Waals surface area contributed by atoms with E-state index in [2.05, 4.69) is 12.1 Å². The molecular weight excluding hydrogens is 403 g/mol. The van der Waals surface area contributed by atoms with E-state index in [4.69, 9.17) is 25.1 Å². The van der Waals surface area contributed by atoms with E-state index >= 15 is 0 Å². The number of halogens is 3. The minimum atomic E-state index is -5.08. The normalized spacial score (nSPS) is 15.8. The van der Waals surface area contributed by atoms with Crippen LogP contribution < -0.4 is 10.5 Å². The molecule has 0 aliphatic heterocycles. The zero-order valence-corrected chi connectivity index (χ0v) is 17.2. The van der Waals surface area contributed by atoms with Gasteiger partial charge in [0.25, 0.3) is 0 Å². The molecule has 3 N–H and O–H groups in total. The van der Waals surface area contributed by atoms with Gasteiger partial charge in [-0.1, -0.05) is 6.07 Å². The summed E-state index contributed by atoms with van der Waals surface area (Å²) < 4.78 is 42.6. The topological polar surface area (TPSA) is 98.9 Å². The molecule has 1 aliphatic rings. The van der Waals surface area contributed by atoms with Crippen LogP contribution >= 0.6 is 0 Å².